The zero-order valence-electron chi connectivity index (χ0n) is 17.4. The van der Waals surface area contributed by atoms with Gasteiger partial charge in [-0.25, -0.2) is 27.8 Å². The third-order valence-electron chi connectivity index (χ3n) is 4.56. The molecule has 15 heteroatoms. The Balaban J connectivity index is 1.62. The molecule has 0 atom stereocenters. The number of aromatic nitrogens is 4. The van der Waals surface area contributed by atoms with E-state index in [1.54, 1.807) is 0 Å². The molecular formula is C21H11ClF6N6O2. The summed E-state index contributed by atoms with van der Waals surface area (Å²) >= 11 is 5.94. The van der Waals surface area contributed by atoms with Gasteiger partial charge in [-0.3, -0.25) is 4.79 Å². The van der Waals surface area contributed by atoms with Gasteiger partial charge in [0.05, 0.1) is 18.0 Å². The Kier molecular flexibility index (Phi) is 6.45. The Hall–Kier alpha value is -4.33. The summed E-state index contributed by atoms with van der Waals surface area (Å²) in [5, 5.41) is 5.41. The number of rotatable bonds is 5. The normalized spacial score (nSPS) is 11.4. The lowest BCUT2D eigenvalue weighted by atomic mass is 10.2. The van der Waals surface area contributed by atoms with E-state index in [1.807, 2.05) is 0 Å². The maximum atomic E-state index is 14.5. The molecule has 8 nitrogen and oxygen atoms in total. The summed E-state index contributed by atoms with van der Waals surface area (Å²) in [6.07, 6.45) is -2.92. The molecule has 0 fully saturated rings. The molecule has 186 valence electrons. The van der Waals surface area contributed by atoms with E-state index in [-0.39, 0.29) is 32.7 Å². The average molecular weight is 529 g/mol. The third kappa shape index (κ3) is 4.88. The number of halogens is 7. The van der Waals surface area contributed by atoms with Crippen LogP contribution in [0, 0.1) is 17.5 Å². The van der Waals surface area contributed by atoms with Crippen molar-refractivity contribution in [2.45, 2.75) is 6.18 Å². The summed E-state index contributed by atoms with van der Waals surface area (Å²) in [4.78, 5) is 19.6. The van der Waals surface area contributed by atoms with Gasteiger partial charge >= 0.3 is 6.18 Å². The Morgan fingerprint density at radius 3 is 2.44 bits per heavy atom. The number of hydrogen-bond acceptors (Lipinski definition) is 6. The molecule has 3 aromatic heterocycles. The summed E-state index contributed by atoms with van der Waals surface area (Å²) in [5.74, 6) is -6.28. The Morgan fingerprint density at radius 1 is 1.03 bits per heavy atom. The molecule has 3 heterocycles. The van der Waals surface area contributed by atoms with Crippen LogP contribution in [0.25, 0.3) is 5.82 Å². The first kappa shape index (κ1) is 24.8. The maximum absolute atomic E-state index is 14.5. The van der Waals surface area contributed by atoms with Crippen LogP contribution in [-0.2, 0) is 6.18 Å². The fourth-order valence-corrected chi connectivity index (χ4v) is 3.16. The molecule has 0 unspecified atom stereocenters. The van der Waals surface area contributed by atoms with E-state index in [2.05, 4.69) is 20.4 Å². The highest BCUT2D eigenvalue weighted by Gasteiger charge is 2.41. The molecule has 4 rings (SSSR count). The largest absolute Gasteiger partial charge is 0.453 e. The molecule has 0 spiro atoms. The minimum atomic E-state index is -5.19. The molecule has 4 aromatic rings. The number of ether oxygens (including phenoxy) is 1. The van der Waals surface area contributed by atoms with Crippen LogP contribution >= 0.6 is 11.6 Å². The number of nitrogens with one attached hydrogen (secondary N) is 1. The van der Waals surface area contributed by atoms with Crippen molar-refractivity contribution in [3.05, 3.63) is 82.7 Å². The molecule has 0 aliphatic carbocycles. The highest BCUT2D eigenvalue weighted by atomic mass is 35.5. The van der Waals surface area contributed by atoms with E-state index in [0.29, 0.717) is 18.5 Å². The van der Waals surface area contributed by atoms with E-state index >= 15 is 0 Å². The van der Waals surface area contributed by atoms with Crippen molar-refractivity contribution in [2.24, 2.45) is 0 Å². The van der Waals surface area contributed by atoms with Crippen LogP contribution in [-0.4, -0.2) is 25.7 Å². The van der Waals surface area contributed by atoms with Gasteiger partial charge in [0.15, 0.2) is 34.6 Å². The van der Waals surface area contributed by atoms with E-state index in [9.17, 15) is 31.1 Å². The molecule has 0 aliphatic rings. The van der Waals surface area contributed by atoms with Crippen molar-refractivity contribution < 1.29 is 35.9 Å². The summed E-state index contributed by atoms with van der Waals surface area (Å²) in [6.45, 7) is 0. The number of carbonyl (C=O) groups excluding carboxylic acids is 1. The molecule has 1 aromatic carbocycles. The van der Waals surface area contributed by atoms with Crippen molar-refractivity contribution in [2.75, 3.05) is 11.1 Å². The molecule has 0 bridgehead atoms. The number of anilines is 2. The van der Waals surface area contributed by atoms with Crippen LogP contribution in [0.15, 0.2) is 48.9 Å². The van der Waals surface area contributed by atoms with Crippen LogP contribution in [0.3, 0.4) is 0 Å². The standard InChI is InChI=1S/C21H11ClF6N6O2/c22-16-15(3-4-30-18(16)29)36-14-2-1-10(6-12(14)24)33-20(35)11-8-32-34(17(11)21(26,27)28)19-13(25)5-9(23)7-31-19/h1-8H,(H2,29,30)(H,33,35). The Bertz CT molecular complexity index is 1480. The van der Waals surface area contributed by atoms with Crippen LogP contribution in [0.2, 0.25) is 5.02 Å². The number of benzene rings is 1. The van der Waals surface area contributed by atoms with Crippen molar-refractivity contribution in [3.63, 3.8) is 0 Å². The lowest BCUT2D eigenvalue weighted by Crippen LogP contribution is -2.21. The number of hydrogen-bond donors (Lipinski definition) is 2. The lowest BCUT2D eigenvalue weighted by molar-refractivity contribution is -0.143. The minimum absolute atomic E-state index is 0.0104. The first-order valence-electron chi connectivity index (χ1n) is 9.61. The molecule has 36 heavy (non-hydrogen) atoms. The van der Waals surface area contributed by atoms with Gasteiger partial charge in [-0.2, -0.15) is 18.3 Å². The Morgan fingerprint density at radius 2 is 1.78 bits per heavy atom. The van der Waals surface area contributed by atoms with Crippen LogP contribution < -0.4 is 15.8 Å². The molecule has 0 radical (unpaired) electrons. The van der Waals surface area contributed by atoms with Crippen molar-refractivity contribution >= 4 is 29.0 Å². The lowest BCUT2D eigenvalue weighted by Gasteiger charge is -2.13. The predicted octanol–water partition coefficient (Wildman–Crippen LogP) is 5.38. The summed E-state index contributed by atoms with van der Waals surface area (Å²) in [5.41, 5.74) is 2.61. The topological polar surface area (TPSA) is 108 Å². The van der Waals surface area contributed by atoms with Gasteiger partial charge in [0.1, 0.15) is 16.7 Å². The van der Waals surface area contributed by atoms with E-state index < -0.39 is 46.6 Å². The van der Waals surface area contributed by atoms with Gasteiger partial charge in [0.2, 0.25) is 0 Å². The summed E-state index contributed by atoms with van der Waals surface area (Å²) in [7, 11) is 0. The second-order valence-electron chi connectivity index (χ2n) is 6.99. The Labute approximate surface area is 202 Å². The smallest absolute Gasteiger partial charge is 0.434 e. The maximum Gasteiger partial charge on any atom is 0.434 e. The number of carbonyl (C=O) groups is 1. The van der Waals surface area contributed by atoms with Gasteiger partial charge in [-0.05, 0) is 12.1 Å². The summed E-state index contributed by atoms with van der Waals surface area (Å²) in [6, 6.07) is 4.65. The third-order valence-corrected chi connectivity index (χ3v) is 4.94. The second-order valence-corrected chi connectivity index (χ2v) is 7.36. The van der Waals surface area contributed by atoms with Crippen LogP contribution in [0.4, 0.5) is 37.8 Å². The summed E-state index contributed by atoms with van der Waals surface area (Å²) < 4.78 is 88.3. The number of nitrogen functional groups attached to an aromatic ring is 1. The number of nitrogens with zero attached hydrogens (tertiary/aromatic N) is 4. The molecule has 3 N–H and O–H groups in total. The molecule has 1 amide bonds. The van der Waals surface area contributed by atoms with Crippen molar-refractivity contribution in [1.29, 1.82) is 0 Å². The number of alkyl halides is 3. The first-order valence-corrected chi connectivity index (χ1v) is 9.99. The monoisotopic (exact) mass is 528 g/mol. The fraction of sp³-hybridized carbons (Fsp3) is 0.0476. The van der Waals surface area contributed by atoms with E-state index in [0.717, 1.165) is 18.2 Å². The highest BCUT2D eigenvalue weighted by Crippen LogP contribution is 2.36. The van der Waals surface area contributed by atoms with Gasteiger partial charge in [-0.1, -0.05) is 11.6 Å². The van der Waals surface area contributed by atoms with Crippen LogP contribution in [0.1, 0.15) is 16.1 Å². The van der Waals surface area contributed by atoms with Gasteiger partial charge in [0, 0.05) is 30.1 Å². The van der Waals surface area contributed by atoms with Crippen molar-refractivity contribution in [3.8, 4) is 17.3 Å². The van der Waals surface area contributed by atoms with E-state index in [4.69, 9.17) is 22.1 Å². The number of pyridine rings is 2. The zero-order chi connectivity index (χ0) is 26.2. The number of amides is 1. The fourth-order valence-electron chi connectivity index (χ4n) is 3.01. The molecule has 0 saturated carbocycles. The molecular weight excluding hydrogens is 518 g/mol. The van der Waals surface area contributed by atoms with Crippen LogP contribution in [0.5, 0.6) is 11.5 Å². The quantitative estimate of drug-likeness (QED) is 0.337. The second kappa shape index (κ2) is 9.37. The zero-order valence-corrected chi connectivity index (χ0v) is 18.2. The minimum Gasteiger partial charge on any atom is -0.453 e. The molecule has 0 aliphatic heterocycles. The van der Waals surface area contributed by atoms with Gasteiger partial charge in [-0.15, -0.1) is 0 Å². The number of nitrogens with two attached hydrogens (primary N) is 1. The van der Waals surface area contributed by atoms with E-state index in [1.165, 1.54) is 12.3 Å². The van der Waals surface area contributed by atoms with Crippen molar-refractivity contribution in [1.82, 2.24) is 19.7 Å². The first-order chi connectivity index (χ1) is 17.0. The van der Waals surface area contributed by atoms with Gasteiger partial charge < -0.3 is 15.8 Å². The highest BCUT2D eigenvalue weighted by molar-refractivity contribution is 6.34. The van der Waals surface area contributed by atoms with Gasteiger partial charge in [0.25, 0.3) is 5.91 Å². The predicted molar refractivity (Wildman–Crippen MR) is 114 cm³/mol. The average Bonchev–Trinajstić information content (AvgIpc) is 3.24. The molecule has 0 saturated heterocycles. The SMILES string of the molecule is Nc1nccc(Oc2ccc(NC(=O)c3cnn(-c4ncc(F)cc4F)c3C(F)(F)F)cc2F)c1Cl.